The summed E-state index contributed by atoms with van der Waals surface area (Å²) in [5, 5.41) is 8.23. The van der Waals surface area contributed by atoms with Gasteiger partial charge < -0.3 is 4.52 Å². The van der Waals surface area contributed by atoms with Crippen LogP contribution in [0.1, 0.15) is 64.9 Å². The van der Waals surface area contributed by atoms with Gasteiger partial charge in [0, 0.05) is 31.1 Å². The van der Waals surface area contributed by atoms with Gasteiger partial charge >= 0.3 is 0 Å². The molecule has 0 bridgehead atoms. The zero-order valence-electron chi connectivity index (χ0n) is 14.7. The Morgan fingerprint density at radius 1 is 1.31 bits per heavy atom. The molecule has 2 aliphatic rings. The second-order valence-electron chi connectivity index (χ2n) is 7.41. The first-order chi connectivity index (χ1) is 12.7. The molecule has 5 rings (SSSR count). The Bertz CT molecular complexity index is 983. The van der Waals surface area contributed by atoms with Crippen molar-refractivity contribution >= 4 is 5.78 Å². The zero-order chi connectivity index (χ0) is 17.7. The number of carbonyl (C=O) groups is 1. The molecule has 6 heteroatoms. The maximum absolute atomic E-state index is 12.5. The minimum Gasteiger partial charge on any atom is -0.339 e. The number of nitrogens with zero attached hydrogens (tertiary/aromatic N) is 4. The smallest absolute Gasteiger partial charge is 0.230 e. The third-order valence-corrected chi connectivity index (χ3v) is 5.43. The highest BCUT2D eigenvalue weighted by atomic mass is 16.5. The van der Waals surface area contributed by atoms with Crippen LogP contribution in [0.3, 0.4) is 0 Å². The average molecular weight is 348 g/mol. The number of aromatic nitrogens is 4. The van der Waals surface area contributed by atoms with Gasteiger partial charge in [0.1, 0.15) is 0 Å². The Balaban J connectivity index is 1.35. The van der Waals surface area contributed by atoms with Crippen molar-refractivity contribution in [3.05, 3.63) is 53.2 Å². The van der Waals surface area contributed by atoms with Crippen LogP contribution in [0.4, 0.5) is 0 Å². The van der Waals surface area contributed by atoms with Crippen LogP contribution in [-0.2, 0) is 13.5 Å². The van der Waals surface area contributed by atoms with Crippen molar-refractivity contribution in [2.24, 2.45) is 7.05 Å². The molecule has 3 aromatic rings. The number of hydrogen-bond donors (Lipinski definition) is 0. The van der Waals surface area contributed by atoms with Crippen LogP contribution >= 0.6 is 0 Å². The van der Waals surface area contributed by atoms with Crippen LogP contribution in [0.15, 0.2) is 35.1 Å². The Kier molecular flexibility index (Phi) is 3.51. The second kappa shape index (κ2) is 5.90. The van der Waals surface area contributed by atoms with Crippen LogP contribution in [-0.4, -0.2) is 25.7 Å². The minimum absolute atomic E-state index is 0.160. The van der Waals surface area contributed by atoms with Crippen LogP contribution < -0.4 is 0 Å². The van der Waals surface area contributed by atoms with Gasteiger partial charge in [-0.2, -0.15) is 10.1 Å². The molecule has 132 valence electrons. The van der Waals surface area contributed by atoms with Gasteiger partial charge in [-0.3, -0.25) is 9.48 Å². The number of benzene rings is 1. The lowest BCUT2D eigenvalue weighted by Crippen LogP contribution is -2.04. The number of rotatable bonds is 5. The third-order valence-electron chi connectivity index (χ3n) is 5.43. The van der Waals surface area contributed by atoms with Crippen molar-refractivity contribution in [2.75, 3.05) is 0 Å². The van der Waals surface area contributed by atoms with E-state index < -0.39 is 0 Å². The fourth-order valence-electron chi connectivity index (χ4n) is 3.81. The van der Waals surface area contributed by atoms with E-state index in [1.54, 1.807) is 17.1 Å². The van der Waals surface area contributed by atoms with E-state index in [1.807, 2.05) is 13.1 Å². The number of ketones is 1. The predicted octanol–water partition coefficient (Wildman–Crippen LogP) is 3.65. The molecule has 0 radical (unpaired) electrons. The number of aryl methyl sites for hydroxylation is 2. The van der Waals surface area contributed by atoms with Crippen molar-refractivity contribution < 1.29 is 9.32 Å². The van der Waals surface area contributed by atoms with Crippen molar-refractivity contribution in [1.29, 1.82) is 0 Å². The lowest BCUT2D eigenvalue weighted by molar-refractivity contribution is 0.0973. The molecule has 6 nitrogen and oxygen atoms in total. The minimum atomic E-state index is 0.160. The molecule has 0 N–H and O–H groups in total. The zero-order valence-corrected chi connectivity index (χ0v) is 14.7. The molecule has 1 fully saturated rings. The molecule has 1 aromatic carbocycles. The van der Waals surface area contributed by atoms with E-state index >= 15 is 0 Å². The van der Waals surface area contributed by atoms with E-state index in [-0.39, 0.29) is 11.7 Å². The maximum Gasteiger partial charge on any atom is 0.230 e. The monoisotopic (exact) mass is 348 g/mol. The van der Waals surface area contributed by atoms with Gasteiger partial charge in [0.05, 0.1) is 11.8 Å². The maximum atomic E-state index is 12.5. The van der Waals surface area contributed by atoms with Gasteiger partial charge in [-0.1, -0.05) is 17.3 Å². The largest absolute Gasteiger partial charge is 0.339 e. The van der Waals surface area contributed by atoms with E-state index in [1.165, 1.54) is 11.1 Å². The summed E-state index contributed by atoms with van der Waals surface area (Å²) >= 11 is 0. The summed E-state index contributed by atoms with van der Waals surface area (Å²) in [6.07, 6.45) is 8.26. The van der Waals surface area contributed by atoms with E-state index in [2.05, 4.69) is 27.4 Å². The summed E-state index contributed by atoms with van der Waals surface area (Å²) in [5.74, 6) is 2.34. The van der Waals surface area contributed by atoms with Crippen LogP contribution in [0.5, 0.6) is 0 Å². The highest BCUT2D eigenvalue weighted by molar-refractivity contribution is 5.96. The average Bonchev–Trinajstić information content (AvgIpc) is 3.06. The Labute approximate surface area is 151 Å². The van der Waals surface area contributed by atoms with Crippen LogP contribution in [0.25, 0.3) is 11.4 Å². The van der Waals surface area contributed by atoms with Crippen molar-refractivity contribution in [2.45, 2.75) is 43.9 Å². The van der Waals surface area contributed by atoms with Gasteiger partial charge in [0.25, 0.3) is 0 Å². The quantitative estimate of drug-likeness (QED) is 0.658. The summed E-state index contributed by atoms with van der Waals surface area (Å²) in [6, 6.07) is 6.34. The third kappa shape index (κ3) is 2.75. The van der Waals surface area contributed by atoms with E-state index in [9.17, 15) is 4.79 Å². The SMILES string of the molecule is Cn1cc(C(=O)C[C@@H]2CCc3cc(-c4noc(C5CC5)n4)ccc32)cn1. The summed E-state index contributed by atoms with van der Waals surface area (Å²) < 4.78 is 7.04. The van der Waals surface area contributed by atoms with Gasteiger partial charge in [0.2, 0.25) is 11.7 Å². The summed E-state index contributed by atoms with van der Waals surface area (Å²) in [7, 11) is 1.83. The van der Waals surface area contributed by atoms with Crippen LogP contribution in [0, 0.1) is 0 Å². The fraction of sp³-hybridized carbons (Fsp3) is 0.400. The molecule has 0 unspecified atom stereocenters. The molecular weight excluding hydrogens is 328 g/mol. The number of hydrogen-bond acceptors (Lipinski definition) is 5. The summed E-state index contributed by atoms with van der Waals surface area (Å²) in [4.78, 5) is 17.0. The summed E-state index contributed by atoms with van der Waals surface area (Å²) in [5.41, 5.74) is 4.26. The molecule has 0 spiro atoms. The molecule has 0 aliphatic heterocycles. The van der Waals surface area contributed by atoms with Crippen molar-refractivity contribution in [3.8, 4) is 11.4 Å². The highest BCUT2D eigenvalue weighted by Gasteiger charge is 2.30. The molecule has 2 aliphatic carbocycles. The van der Waals surface area contributed by atoms with E-state index in [4.69, 9.17) is 4.52 Å². The normalized spacial score (nSPS) is 18.9. The topological polar surface area (TPSA) is 73.8 Å². The number of Topliss-reactive ketones (excluding diaryl/α,β-unsaturated/α-hetero) is 1. The van der Waals surface area contributed by atoms with Gasteiger partial charge in [-0.05, 0) is 48.8 Å². The van der Waals surface area contributed by atoms with Crippen molar-refractivity contribution in [3.63, 3.8) is 0 Å². The predicted molar refractivity (Wildman–Crippen MR) is 94.9 cm³/mol. The van der Waals surface area contributed by atoms with Crippen molar-refractivity contribution in [1.82, 2.24) is 19.9 Å². The number of fused-ring (bicyclic) bond motifs is 1. The lowest BCUT2D eigenvalue weighted by Gasteiger charge is -2.10. The molecule has 2 aromatic heterocycles. The van der Waals surface area contributed by atoms with Crippen LogP contribution in [0.2, 0.25) is 0 Å². The molecule has 2 heterocycles. The van der Waals surface area contributed by atoms with E-state index in [0.717, 1.165) is 37.1 Å². The Hall–Kier alpha value is -2.76. The first-order valence-corrected chi connectivity index (χ1v) is 9.16. The first kappa shape index (κ1) is 15.5. The lowest BCUT2D eigenvalue weighted by atomic mass is 9.93. The van der Waals surface area contributed by atoms with Gasteiger partial charge in [-0.15, -0.1) is 0 Å². The molecule has 0 saturated heterocycles. The summed E-state index contributed by atoms with van der Waals surface area (Å²) in [6.45, 7) is 0. The van der Waals surface area contributed by atoms with Gasteiger partial charge in [0.15, 0.2) is 5.78 Å². The highest BCUT2D eigenvalue weighted by Crippen LogP contribution is 2.41. The Morgan fingerprint density at radius 2 is 2.19 bits per heavy atom. The number of carbonyl (C=O) groups excluding carboxylic acids is 1. The van der Waals surface area contributed by atoms with E-state index in [0.29, 0.717) is 23.7 Å². The Morgan fingerprint density at radius 3 is 2.96 bits per heavy atom. The molecule has 0 amide bonds. The molecule has 26 heavy (non-hydrogen) atoms. The second-order valence-corrected chi connectivity index (χ2v) is 7.41. The molecule has 1 atom stereocenters. The first-order valence-electron chi connectivity index (χ1n) is 9.16. The molecular formula is C20H20N4O2. The van der Waals surface area contributed by atoms with Gasteiger partial charge in [-0.25, -0.2) is 0 Å². The fourth-order valence-corrected chi connectivity index (χ4v) is 3.81. The standard InChI is InChI=1S/C20H20N4O2/c1-24-11-16(10-21-24)18(25)9-14-5-4-13-8-15(6-7-17(13)14)19-22-20(26-23-19)12-2-3-12/h6-8,10-12,14H,2-5,9H2,1H3/t14-/m0/s1. The molecule has 1 saturated carbocycles.